The summed E-state index contributed by atoms with van der Waals surface area (Å²) in [6.45, 7) is -2.19. The predicted octanol–water partition coefficient (Wildman–Crippen LogP) is 0.0796. The molecule has 0 saturated heterocycles. The fourth-order valence-corrected chi connectivity index (χ4v) is 6.00. The zero-order chi connectivity index (χ0) is 33.3. The van der Waals surface area contributed by atoms with Crippen molar-refractivity contribution in [3.8, 4) is 0 Å². The van der Waals surface area contributed by atoms with E-state index < -0.39 is 90.0 Å². The average Bonchev–Trinajstić information content (AvgIpc) is 2.89. The van der Waals surface area contributed by atoms with Crippen LogP contribution in [0, 0.1) is 0 Å². The largest absolute Gasteiger partial charge is 0.459 e. The van der Waals surface area contributed by atoms with Gasteiger partial charge in [-0.1, -0.05) is 36.4 Å². The van der Waals surface area contributed by atoms with E-state index in [1.807, 2.05) is 0 Å². The molecule has 0 amide bonds. The van der Waals surface area contributed by atoms with E-state index in [0.717, 1.165) is 0 Å². The fourth-order valence-electron chi connectivity index (χ4n) is 3.49. The number of carbonyl (C=O) groups excluding carboxylic acids is 2. The lowest BCUT2D eigenvalue weighted by Gasteiger charge is -2.34. The molecule has 0 fully saturated rings. The first-order valence-electron chi connectivity index (χ1n) is 12.1. The van der Waals surface area contributed by atoms with Gasteiger partial charge >= 0.3 is 11.9 Å². The summed E-state index contributed by atoms with van der Waals surface area (Å²) >= 11 is 0. The zero-order valence-corrected chi connectivity index (χ0v) is 26.9. The van der Waals surface area contributed by atoms with Crippen LogP contribution in [-0.4, -0.2) is 108 Å². The molecule has 20 heteroatoms. The van der Waals surface area contributed by atoms with Crippen LogP contribution in [0.2, 0.25) is 0 Å². The van der Waals surface area contributed by atoms with Gasteiger partial charge in [-0.3, -0.25) is 16.7 Å². The molecule has 0 saturated carbocycles. The Hall–Kier alpha value is -2.98. The van der Waals surface area contributed by atoms with Crippen molar-refractivity contribution in [1.82, 2.24) is 0 Å². The summed E-state index contributed by atoms with van der Waals surface area (Å²) < 4.78 is 128. The Kier molecular flexibility index (Phi) is 13.0. The molecule has 0 aromatic heterocycles. The minimum absolute atomic E-state index is 0.0127. The molecule has 0 heterocycles. The van der Waals surface area contributed by atoms with Gasteiger partial charge in [0.25, 0.3) is 40.5 Å². The molecule has 0 aliphatic heterocycles. The Morgan fingerprint density at radius 1 is 0.500 bits per heavy atom. The molecule has 2 rings (SSSR count). The van der Waals surface area contributed by atoms with Crippen LogP contribution < -0.4 is 0 Å². The van der Waals surface area contributed by atoms with Crippen molar-refractivity contribution in [2.75, 3.05) is 38.2 Å². The van der Waals surface area contributed by atoms with Crippen molar-refractivity contribution >= 4 is 52.4 Å². The summed E-state index contributed by atoms with van der Waals surface area (Å²) in [5, 5.41) is 0. The van der Waals surface area contributed by atoms with Crippen LogP contribution in [0.4, 0.5) is 0 Å². The van der Waals surface area contributed by atoms with Crippen molar-refractivity contribution in [2.24, 2.45) is 0 Å². The molecular weight excluding hydrogens is 673 g/mol. The van der Waals surface area contributed by atoms with Gasteiger partial charge in [-0.2, -0.15) is 33.7 Å². The Labute approximate surface area is 255 Å². The van der Waals surface area contributed by atoms with Gasteiger partial charge in [-0.15, -0.1) is 0 Å². The van der Waals surface area contributed by atoms with Crippen molar-refractivity contribution in [3.05, 3.63) is 71.8 Å². The molecule has 0 N–H and O–H groups in total. The van der Waals surface area contributed by atoms with Gasteiger partial charge in [0, 0.05) is 0 Å². The summed E-state index contributed by atoms with van der Waals surface area (Å²) in [6, 6.07) is 14.5. The summed E-state index contributed by atoms with van der Waals surface area (Å²) in [6.07, 6.45) is -7.17. The lowest BCUT2D eigenvalue weighted by atomic mass is 10.0. The maximum absolute atomic E-state index is 12.6. The van der Waals surface area contributed by atoms with Gasteiger partial charge in [0.1, 0.15) is 37.6 Å². The standard InChI is InChI=1S/C24H30O16S4/c1-41(27,28)37-19(15-35-23(25)17-11-7-5-8-12-17)21(39-43(3,31)32)22(40-44(4,33)34)20(38-42(2,29)30)16-36-24(26)18-13-9-6-10-14-18/h5-14,19-22H,15-16H2,1-4H3/t19-,20+,21-,22-/m1/s1. The quantitative estimate of drug-likeness (QED) is 0.157. The van der Waals surface area contributed by atoms with Crippen LogP contribution in [0.1, 0.15) is 20.7 Å². The van der Waals surface area contributed by atoms with E-state index in [1.54, 1.807) is 12.1 Å². The monoisotopic (exact) mass is 702 g/mol. The molecule has 0 spiro atoms. The molecule has 16 nitrogen and oxygen atoms in total. The molecule has 0 aliphatic carbocycles. The molecule has 44 heavy (non-hydrogen) atoms. The van der Waals surface area contributed by atoms with Crippen molar-refractivity contribution in [2.45, 2.75) is 24.4 Å². The fraction of sp³-hybridized carbons (Fsp3) is 0.417. The number of benzene rings is 2. The highest BCUT2D eigenvalue weighted by Crippen LogP contribution is 2.24. The molecule has 4 atom stereocenters. The van der Waals surface area contributed by atoms with E-state index in [9.17, 15) is 43.3 Å². The molecule has 0 unspecified atom stereocenters. The molecular formula is C24H30O16S4. The SMILES string of the molecule is CS(=O)(=O)O[C@@H]([C@H](OS(C)(=O)=O)[C@@H](COC(=O)c1ccccc1)OS(C)(=O)=O)[C@H](COC(=O)c1ccccc1)OS(C)(=O)=O. The van der Waals surface area contributed by atoms with E-state index in [2.05, 4.69) is 0 Å². The second-order valence-electron chi connectivity index (χ2n) is 9.14. The third kappa shape index (κ3) is 14.2. The number of hydrogen-bond donors (Lipinski definition) is 0. The summed E-state index contributed by atoms with van der Waals surface area (Å²) in [4.78, 5) is 25.2. The number of carbonyl (C=O) groups is 2. The summed E-state index contributed by atoms with van der Waals surface area (Å²) in [5.41, 5.74) is -0.0255. The van der Waals surface area contributed by atoms with Crippen molar-refractivity contribution < 1.29 is 69.5 Å². The summed E-state index contributed by atoms with van der Waals surface area (Å²) in [5.74, 6) is -2.07. The van der Waals surface area contributed by atoms with E-state index >= 15 is 0 Å². The van der Waals surface area contributed by atoms with Gasteiger partial charge in [0.05, 0.1) is 36.1 Å². The van der Waals surface area contributed by atoms with Crippen molar-refractivity contribution in [1.29, 1.82) is 0 Å². The molecule has 0 aliphatic rings. The van der Waals surface area contributed by atoms with E-state index in [-0.39, 0.29) is 11.1 Å². The van der Waals surface area contributed by atoms with Gasteiger partial charge in [-0.05, 0) is 24.3 Å². The number of esters is 2. The minimum atomic E-state index is -4.67. The highest BCUT2D eigenvalue weighted by atomic mass is 32.2. The smallest absolute Gasteiger partial charge is 0.338 e. The van der Waals surface area contributed by atoms with Gasteiger partial charge in [0.15, 0.2) is 0 Å². The van der Waals surface area contributed by atoms with Crippen LogP contribution in [0.15, 0.2) is 60.7 Å². The van der Waals surface area contributed by atoms with Gasteiger partial charge in [0.2, 0.25) is 0 Å². The molecule has 0 bridgehead atoms. The Balaban J connectivity index is 2.63. The third-order valence-electron chi connectivity index (χ3n) is 5.00. The first-order chi connectivity index (χ1) is 20.1. The van der Waals surface area contributed by atoms with Crippen LogP contribution in [0.25, 0.3) is 0 Å². The Morgan fingerprint density at radius 2 is 0.773 bits per heavy atom. The second kappa shape index (κ2) is 15.3. The Bertz CT molecular complexity index is 1580. The first-order valence-corrected chi connectivity index (χ1v) is 19.4. The van der Waals surface area contributed by atoms with Crippen LogP contribution in [0.3, 0.4) is 0 Å². The Morgan fingerprint density at radius 3 is 1.02 bits per heavy atom. The third-order valence-corrected chi connectivity index (χ3v) is 7.34. The molecule has 246 valence electrons. The number of ether oxygens (including phenoxy) is 2. The number of rotatable bonds is 17. The normalized spacial score (nSPS) is 15.5. The van der Waals surface area contributed by atoms with Gasteiger partial charge < -0.3 is 9.47 Å². The topological polar surface area (TPSA) is 226 Å². The first kappa shape index (κ1) is 37.2. The van der Waals surface area contributed by atoms with Gasteiger partial charge in [-0.25, -0.2) is 9.59 Å². The maximum Gasteiger partial charge on any atom is 0.338 e. The molecule has 0 radical (unpaired) electrons. The van der Waals surface area contributed by atoms with Crippen LogP contribution in [0.5, 0.6) is 0 Å². The molecule has 2 aromatic carbocycles. The summed E-state index contributed by atoms with van der Waals surface area (Å²) in [7, 11) is -18.4. The highest BCUT2D eigenvalue weighted by Gasteiger charge is 2.46. The van der Waals surface area contributed by atoms with E-state index in [0.29, 0.717) is 25.0 Å². The van der Waals surface area contributed by atoms with E-state index in [1.165, 1.54) is 48.5 Å². The van der Waals surface area contributed by atoms with Crippen LogP contribution >= 0.6 is 0 Å². The second-order valence-corrected chi connectivity index (χ2v) is 15.5. The van der Waals surface area contributed by atoms with Crippen LogP contribution in [-0.2, 0) is 66.7 Å². The lowest BCUT2D eigenvalue weighted by molar-refractivity contribution is -0.0850. The van der Waals surface area contributed by atoms with E-state index in [4.69, 9.17) is 26.2 Å². The minimum Gasteiger partial charge on any atom is -0.459 e. The average molecular weight is 703 g/mol. The lowest BCUT2D eigenvalue weighted by Crippen LogP contribution is -2.54. The predicted molar refractivity (Wildman–Crippen MR) is 152 cm³/mol. The van der Waals surface area contributed by atoms with Crippen molar-refractivity contribution in [3.63, 3.8) is 0 Å². The zero-order valence-electron chi connectivity index (χ0n) is 23.7. The highest BCUT2D eigenvalue weighted by molar-refractivity contribution is 7.86. The maximum atomic E-state index is 12.6. The number of hydrogen-bond acceptors (Lipinski definition) is 16. The molecule has 2 aromatic rings.